The zero-order valence-electron chi connectivity index (χ0n) is 19.9. The van der Waals surface area contributed by atoms with Crippen molar-refractivity contribution in [1.82, 2.24) is 4.98 Å². The lowest BCUT2D eigenvalue weighted by atomic mass is 9.96. The molecule has 0 bridgehead atoms. The summed E-state index contributed by atoms with van der Waals surface area (Å²) in [6.07, 6.45) is 2.20. The molecule has 4 rings (SSSR count). The Hall–Kier alpha value is -2.95. The van der Waals surface area contributed by atoms with Gasteiger partial charge in [0.1, 0.15) is 5.75 Å². The fraction of sp³-hybridized carbons (Fsp3) is 0.360. The average Bonchev–Trinajstić information content (AvgIpc) is 3.13. The lowest BCUT2D eigenvalue weighted by molar-refractivity contribution is -0.117. The highest BCUT2D eigenvalue weighted by atomic mass is 32.2. The number of aromatic hydroxyl groups is 1. The second kappa shape index (κ2) is 10.3. The molecule has 1 amide bonds. The van der Waals surface area contributed by atoms with Gasteiger partial charge >= 0.3 is 0 Å². The van der Waals surface area contributed by atoms with Crippen molar-refractivity contribution >= 4 is 38.1 Å². The Morgan fingerprint density at radius 2 is 1.89 bits per heavy atom. The summed E-state index contributed by atoms with van der Waals surface area (Å²) in [5, 5.41) is 13.2. The first-order chi connectivity index (χ1) is 16.6. The van der Waals surface area contributed by atoms with E-state index in [2.05, 4.69) is 15.0 Å². The number of aromatic nitrogens is 1. The third kappa shape index (κ3) is 6.19. The summed E-state index contributed by atoms with van der Waals surface area (Å²) in [4.78, 5) is 17.9. The summed E-state index contributed by atoms with van der Waals surface area (Å²) in [6.45, 7) is 6.72. The van der Waals surface area contributed by atoms with Crippen LogP contribution in [0.5, 0.6) is 5.75 Å². The van der Waals surface area contributed by atoms with Crippen LogP contribution in [-0.2, 0) is 19.6 Å². The molecule has 3 N–H and O–H groups in total. The van der Waals surface area contributed by atoms with Gasteiger partial charge in [-0.15, -0.1) is 0 Å². The number of carbonyl (C=O) groups excluding carboxylic acids is 1. The number of ether oxygens (including phenoxy) is 1. The highest BCUT2D eigenvalue weighted by molar-refractivity contribution is 7.92. The van der Waals surface area contributed by atoms with Crippen LogP contribution in [0.25, 0.3) is 10.4 Å². The zero-order valence-corrected chi connectivity index (χ0v) is 21.6. The molecule has 3 aromatic rings. The van der Waals surface area contributed by atoms with Crippen LogP contribution in [0, 0.1) is 26.7 Å². The first kappa shape index (κ1) is 25.2. The minimum atomic E-state index is -3.91. The molecule has 0 unspecified atom stereocenters. The number of hydrogen-bond acceptors (Lipinski definition) is 7. The van der Waals surface area contributed by atoms with Gasteiger partial charge in [-0.2, -0.15) is 0 Å². The van der Waals surface area contributed by atoms with E-state index in [0.29, 0.717) is 47.5 Å². The van der Waals surface area contributed by atoms with E-state index in [0.717, 1.165) is 23.3 Å². The van der Waals surface area contributed by atoms with Crippen LogP contribution in [0.4, 0.5) is 10.8 Å². The quantitative estimate of drug-likeness (QED) is 0.408. The van der Waals surface area contributed by atoms with Gasteiger partial charge < -0.3 is 15.2 Å². The number of thiazole rings is 1. The van der Waals surface area contributed by atoms with Crippen molar-refractivity contribution in [2.24, 2.45) is 5.92 Å². The van der Waals surface area contributed by atoms with E-state index < -0.39 is 10.0 Å². The van der Waals surface area contributed by atoms with Gasteiger partial charge in [0, 0.05) is 25.7 Å². The molecule has 0 atom stereocenters. The molecule has 1 saturated heterocycles. The molecule has 0 radical (unpaired) electrons. The van der Waals surface area contributed by atoms with Crippen molar-refractivity contribution in [1.29, 1.82) is 0 Å². The number of aryl methyl sites for hydroxylation is 3. The standard InChI is InChI=1S/C25H29N3O5S2/c1-15-10-20(14-21(29)11-15)28-35(31,32)22-13-19(5-4-16(22)2)24-17(3)26-25(34-24)27-23(30)12-18-6-8-33-9-7-18/h4-5,10-11,13-14,18,28-29H,6-9,12H2,1-3H3,(H,26,27,30). The minimum absolute atomic E-state index is 0.0140. The summed E-state index contributed by atoms with van der Waals surface area (Å²) in [5.74, 6) is 0.229. The van der Waals surface area contributed by atoms with Gasteiger partial charge in [0.2, 0.25) is 5.91 Å². The molecule has 2 aromatic carbocycles. The summed E-state index contributed by atoms with van der Waals surface area (Å²) in [5.41, 5.74) is 3.02. The number of nitrogens with zero attached hydrogens (tertiary/aromatic N) is 1. The highest BCUT2D eigenvalue weighted by Crippen LogP contribution is 2.35. The van der Waals surface area contributed by atoms with Crippen LogP contribution in [-0.4, -0.2) is 37.6 Å². The Labute approximate surface area is 209 Å². The molecule has 186 valence electrons. The van der Waals surface area contributed by atoms with Crippen LogP contribution in [0.2, 0.25) is 0 Å². The first-order valence-corrected chi connectivity index (χ1v) is 13.7. The maximum absolute atomic E-state index is 13.2. The third-order valence-corrected chi connectivity index (χ3v) is 8.56. The second-order valence-corrected chi connectivity index (χ2v) is 11.5. The lowest BCUT2D eigenvalue weighted by Crippen LogP contribution is -2.22. The molecule has 0 aliphatic carbocycles. The topological polar surface area (TPSA) is 118 Å². The number of rotatable bonds is 7. The van der Waals surface area contributed by atoms with E-state index in [1.54, 1.807) is 38.1 Å². The normalized spacial score (nSPS) is 14.6. The van der Waals surface area contributed by atoms with Gasteiger partial charge in [-0.05, 0) is 74.4 Å². The molecule has 1 aliphatic rings. The van der Waals surface area contributed by atoms with Gasteiger partial charge in [-0.1, -0.05) is 23.5 Å². The number of sulfonamides is 1. The van der Waals surface area contributed by atoms with E-state index in [4.69, 9.17) is 4.74 Å². The molecule has 2 heterocycles. The van der Waals surface area contributed by atoms with E-state index in [1.165, 1.54) is 17.4 Å². The molecule has 0 spiro atoms. The van der Waals surface area contributed by atoms with E-state index >= 15 is 0 Å². The fourth-order valence-corrected chi connectivity index (χ4v) is 6.45. The van der Waals surface area contributed by atoms with Gasteiger partial charge in [0.15, 0.2) is 5.13 Å². The van der Waals surface area contributed by atoms with Crippen LogP contribution < -0.4 is 10.0 Å². The van der Waals surface area contributed by atoms with Crippen LogP contribution in [0.1, 0.15) is 36.1 Å². The predicted molar refractivity (Wildman–Crippen MR) is 137 cm³/mol. The smallest absolute Gasteiger partial charge is 0.262 e. The van der Waals surface area contributed by atoms with Crippen LogP contribution in [0.15, 0.2) is 41.3 Å². The molecular weight excluding hydrogens is 486 g/mol. The van der Waals surface area contributed by atoms with Crippen molar-refractivity contribution in [3.8, 4) is 16.2 Å². The maximum Gasteiger partial charge on any atom is 0.262 e. The Bertz CT molecular complexity index is 1320. The molecule has 8 nitrogen and oxygen atoms in total. The van der Waals surface area contributed by atoms with Crippen LogP contribution >= 0.6 is 11.3 Å². The molecule has 1 aromatic heterocycles. The molecular formula is C25H29N3O5S2. The van der Waals surface area contributed by atoms with Crippen molar-refractivity contribution in [3.05, 3.63) is 53.2 Å². The van der Waals surface area contributed by atoms with Gasteiger partial charge in [-0.3, -0.25) is 9.52 Å². The van der Waals surface area contributed by atoms with Crippen molar-refractivity contribution < 1.29 is 23.1 Å². The monoisotopic (exact) mass is 515 g/mol. The maximum atomic E-state index is 13.2. The molecule has 1 fully saturated rings. The SMILES string of the molecule is Cc1cc(O)cc(NS(=O)(=O)c2cc(-c3sc(NC(=O)CC4CCOCC4)nc3C)ccc2C)c1. The van der Waals surface area contributed by atoms with Crippen LogP contribution in [0.3, 0.4) is 0 Å². The van der Waals surface area contributed by atoms with Gasteiger partial charge in [0.05, 0.1) is 21.2 Å². The Kier molecular flexibility index (Phi) is 7.44. The number of phenols is 1. The van der Waals surface area contributed by atoms with E-state index in [1.807, 2.05) is 13.0 Å². The molecule has 0 saturated carbocycles. The number of benzene rings is 2. The van der Waals surface area contributed by atoms with Crippen molar-refractivity contribution in [2.45, 2.75) is 44.9 Å². The summed E-state index contributed by atoms with van der Waals surface area (Å²) < 4.78 is 34.3. The van der Waals surface area contributed by atoms with Crippen molar-refractivity contribution in [2.75, 3.05) is 23.3 Å². The molecule has 10 heteroatoms. The number of phenolic OH excluding ortho intramolecular Hbond substituents is 1. The third-order valence-electron chi connectivity index (χ3n) is 5.91. The summed E-state index contributed by atoms with van der Waals surface area (Å²) in [7, 11) is -3.91. The number of hydrogen-bond donors (Lipinski definition) is 3. The first-order valence-electron chi connectivity index (χ1n) is 11.4. The summed E-state index contributed by atoms with van der Waals surface area (Å²) in [6, 6.07) is 9.78. The van der Waals surface area contributed by atoms with E-state index in [9.17, 15) is 18.3 Å². The number of amides is 1. The molecule has 1 aliphatic heterocycles. The number of carbonyl (C=O) groups is 1. The predicted octanol–water partition coefficient (Wildman–Crippen LogP) is 5.00. The van der Waals surface area contributed by atoms with Gasteiger partial charge in [0.25, 0.3) is 10.0 Å². The fourth-order valence-electron chi connectivity index (χ4n) is 4.16. The second-order valence-electron chi connectivity index (χ2n) is 8.88. The molecule has 35 heavy (non-hydrogen) atoms. The zero-order chi connectivity index (χ0) is 25.2. The Balaban J connectivity index is 1.55. The summed E-state index contributed by atoms with van der Waals surface area (Å²) >= 11 is 1.32. The van der Waals surface area contributed by atoms with Gasteiger partial charge in [-0.25, -0.2) is 13.4 Å². The number of anilines is 2. The van der Waals surface area contributed by atoms with Crippen molar-refractivity contribution in [3.63, 3.8) is 0 Å². The van der Waals surface area contributed by atoms with E-state index in [-0.39, 0.29) is 22.2 Å². The largest absolute Gasteiger partial charge is 0.508 e. The highest BCUT2D eigenvalue weighted by Gasteiger charge is 2.22. The average molecular weight is 516 g/mol. The number of nitrogens with one attached hydrogen (secondary N) is 2. The Morgan fingerprint density at radius 1 is 1.14 bits per heavy atom. The minimum Gasteiger partial charge on any atom is -0.508 e. The Morgan fingerprint density at radius 3 is 2.60 bits per heavy atom. The lowest BCUT2D eigenvalue weighted by Gasteiger charge is -2.20.